The molecule has 0 unspecified atom stereocenters. The fourth-order valence-electron chi connectivity index (χ4n) is 3.66. The van der Waals surface area contributed by atoms with Crippen molar-refractivity contribution < 1.29 is 9.53 Å². The zero-order chi connectivity index (χ0) is 15.7. The summed E-state index contributed by atoms with van der Waals surface area (Å²) in [5.74, 6) is 0.127. The van der Waals surface area contributed by atoms with Crippen molar-refractivity contribution in [3.05, 3.63) is 29.8 Å². The van der Waals surface area contributed by atoms with Crippen molar-refractivity contribution in [2.75, 3.05) is 5.32 Å². The summed E-state index contributed by atoms with van der Waals surface area (Å²) < 4.78 is 5.85. The quantitative estimate of drug-likeness (QED) is 0.879. The summed E-state index contributed by atoms with van der Waals surface area (Å²) in [5.41, 5.74) is 1.86. The van der Waals surface area contributed by atoms with Gasteiger partial charge in [0.05, 0.1) is 17.6 Å². The predicted molar refractivity (Wildman–Crippen MR) is 87.7 cm³/mol. The smallest absolute Gasteiger partial charge is 0.228 e. The lowest BCUT2D eigenvalue weighted by Crippen LogP contribution is -2.44. The summed E-state index contributed by atoms with van der Waals surface area (Å²) in [6.45, 7) is 6.84. The van der Waals surface area contributed by atoms with Crippen LogP contribution in [0.1, 0.15) is 45.6 Å². The number of anilines is 1. The molecule has 2 N–H and O–H groups in total. The SMILES string of the molecule is CC(C)Nc1cccc(CNC(=O)[C@]2(C)C[C@H]3CC[C@H]2O3)c1. The maximum atomic E-state index is 12.6. The summed E-state index contributed by atoms with van der Waals surface area (Å²) >= 11 is 0. The molecular formula is C18H26N2O2. The highest BCUT2D eigenvalue weighted by atomic mass is 16.5. The molecule has 0 radical (unpaired) electrons. The van der Waals surface area contributed by atoms with Crippen LogP contribution in [0.2, 0.25) is 0 Å². The fourth-order valence-corrected chi connectivity index (χ4v) is 3.66. The van der Waals surface area contributed by atoms with Crippen LogP contribution in [0, 0.1) is 5.41 Å². The summed E-state index contributed by atoms with van der Waals surface area (Å²) in [6, 6.07) is 8.62. The van der Waals surface area contributed by atoms with Gasteiger partial charge in [0.15, 0.2) is 0 Å². The molecular weight excluding hydrogens is 276 g/mol. The summed E-state index contributed by atoms with van der Waals surface area (Å²) in [5, 5.41) is 6.48. The van der Waals surface area contributed by atoms with Gasteiger partial charge in [0.2, 0.25) is 5.91 Å². The van der Waals surface area contributed by atoms with E-state index in [2.05, 4.69) is 36.6 Å². The zero-order valence-electron chi connectivity index (χ0n) is 13.7. The average Bonchev–Trinajstić information content (AvgIpc) is 3.05. The molecule has 3 rings (SSSR count). The molecule has 0 saturated carbocycles. The molecule has 4 nitrogen and oxygen atoms in total. The number of hydrogen-bond acceptors (Lipinski definition) is 3. The second-order valence-electron chi connectivity index (χ2n) is 7.13. The Morgan fingerprint density at radius 1 is 1.41 bits per heavy atom. The summed E-state index contributed by atoms with van der Waals surface area (Å²) in [7, 11) is 0. The van der Waals surface area contributed by atoms with E-state index in [1.54, 1.807) is 0 Å². The van der Waals surface area contributed by atoms with E-state index in [-0.39, 0.29) is 17.4 Å². The first-order chi connectivity index (χ1) is 10.5. The standard InChI is InChI=1S/C18H26N2O2/c1-12(2)20-14-6-4-5-13(9-14)11-19-17(21)18(3)10-15-7-8-16(18)22-15/h4-6,9,12,15-16,20H,7-8,10-11H2,1-3H3,(H,19,21)/t15-,16-,18-/m1/s1. The summed E-state index contributed by atoms with van der Waals surface area (Å²) in [6.07, 6.45) is 3.38. The van der Waals surface area contributed by atoms with Gasteiger partial charge in [-0.25, -0.2) is 0 Å². The minimum absolute atomic E-state index is 0.103. The number of hydrogen-bond donors (Lipinski definition) is 2. The van der Waals surface area contributed by atoms with Crippen LogP contribution in [0.25, 0.3) is 0 Å². The predicted octanol–water partition coefficient (Wildman–Crippen LogP) is 3.08. The van der Waals surface area contributed by atoms with Crippen molar-refractivity contribution in [1.29, 1.82) is 0 Å². The molecule has 120 valence electrons. The lowest BCUT2D eigenvalue weighted by molar-refractivity contribution is -0.133. The molecule has 2 aliphatic heterocycles. The first-order valence-electron chi connectivity index (χ1n) is 8.26. The summed E-state index contributed by atoms with van der Waals surface area (Å²) in [4.78, 5) is 12.6. The highest BCUT2D eigenvalue weighted by Gasteiger charge is 2.53. The molecule has 2 aliphatic rings. The molecule has 2 bridgehead atoms. The highest BCUT2D eigenvalue weighted by molar-refractivity contribution is 5.83. The molecule has 2 saturated heterocycles. The zero-order valence-corrected chi connectivity index (χ0v) is 13.7. The number of rotatable bonds is 5. The van der Waals surface area contributed by atoms with Crippen LogP contribution in [0.3, 0.4) is 0 Å². The second kappa shape index (κ2) is 5.92. The van der Waals surface area contributed by atoms with Crippen molar-refractivity contribution in [3.63, 3.8) is 0 Å². The molecule has 4 heteroatoms. The lowest BCUT2D eigenvalue weighted by atomic mass is 9.75. The van der Waals surface area contributed by atoms with E-state index in [0.717, 1.165) is 30.5 Å². The Morgan fingerprint density at radius 3 is 2.86 bits per heavy atom. The first-order valence-corrected chi connectivity index (χ1v) is 8.26. The van der Waals surface area contributed by atoms with Crippen LogP contribution in [-0.4, -0.2) is 24.2 Å². The van der Waals surface area contributed by atoms with Crippen LogP contribution in [0.4, 0.5) is 5.69 Å². The number of carbonyl (C=O) groups is 1. The van der Waals surface area contributed by atoms with Gasteiger partial charge in [-0.2, -0.15) is 0 Å². The Kier molecular flexibility index (Phi) is 4.13. The molecule has 3 atom stereocenters. The largest absolute Gasteiger partial charge is 0.383 e. The van der Waals surface area contributed by atoms with Crippen LogP contribution in [0.15, 0.2) is 24.3 Å². The van der Waals surface area contributed by atoms with Crippen molar-refractivity contribution in [1.82, 2.24) is 5.32 Å². The van der Waals surface area contributed by atoms with E-state index >= 15 is 0 Å². The third kappa shape index (κ3) is 2.98. The third-order valence-electron chi connectivity index (χ3n) is 4.82. The number of amides is 1. The van der Waals surface area contributed by atoms with Gasteiger partial charge < -0.3 is 15.4 Å². The Balaban J connectivity index is 1.59. The molecule has 0 spiro atoms. The Bertz CT molecular complexity index is 558. The third-order valence-corrected chi connectivity index (χ3v) is 4.82. The van der Waals surface area contributed by atoms with Crippen LogP contribution >= 0.6 is 0 Å². The molecule has 22 heavy (non-hydrogen) atoms. The Hall–Kier alpha value is -1.55. The lowest BCUT2D eigenvalue weighted by Gasteiger charge is -2.29. The maximum Gasteiger partial charge on any atom is 0.228 e. The van der Waals surface area contributed by atoms with E-state index in [0.29, 0.717) is 18.7 Å². The van der Waals surface area contributed by atoms with Crippen LogP contribution in [-0.2, 0) is 16.1 Å². The van der Waals surface area contributed by atoms with Gasteiger partial charge in [-0.3, -0.25) is 4.79 Å². The number of carbonyl (C=O) groups excluding carboxylic acids is 1. The molecule has 2 heterocycles. The van der Waals surface area contributed by atoms with Gasteiger partial charge in [-0.1, -0.05) is 12.1 Å². The van der Waals surface area contributed by atoms with E-state index in [1.165, 1.54) is 0 Å². The van der Waals surface area contributed by atoms with Crippen molar-refractivity contribution in [2.24, 2.45) is 5.41 Å². The minimum atomic E-state index is -0.350. The highest BCUT2D eigenvalue weighted by Crippen LogP contribution is 2.47. The van der Waals surface area contributed by atoms with E-state index in [1.807, 2.05) is 19.1 Å². The Morgan fingerprint density at radius 2 is 2.23 bits per heavy atom. The van der Waals surface area contributed by atoms with Gasteiger partial charge in [-0.15, -0.1) is 0 Å². The fraction of sp³-hybridized carbons (Fsp3) is 0.611. The molecule has 1 amide bonds. The average molecular weight is 302 g/mol. The monoisotopic (exact) mass is 302 g/mol. The van der Waals surface area contributed by atoms with Gasteiger partial charge in [0.25, 0.3) is 0 Å². The first kappa shape index (κ1) is 15.3. The number of ether oxygens (including phenoxy) is 1. The van der Waals surface area contributed by atoms with Crippen molar-refractivity contribution >= 4 is 11.6 Å². The molecule has 2 fully saturated rings. The number of nitrogens with one attached hydrogen (secondary N) is 2. The minimum Gasteiger partial charge on any atom is -0.383 e. The van der Waals surface area contributed by atoms with Crippen molar-refractivity contribution in [2.45, 2.75) is 64.8 Å². The maximum absolute atomic E-state index is 12.6. The molecule has 1 aromatic carbocycles. The number of benzene rings is 1. The van der Waals surface area contributed by atoms with E-state index in [4.69, 9.17) is 4.74 Å². The topological polar surface area (TPSA) is 50.4 Å². The number of fused-ring (bicyclic) bond motifs is 2. The Labute approximate surface area is 132 Å². The molecule has 1 aromatic rings. The normalized spacial score (nSPS) is 29.8. The van der Waals surface area contributed by atoms with Gasteiger partial charge in [0.1, 0.15) is 0 Å². The molecule has 0 aromatic heterocycles. The van der Waals surface area contributed by atoms with Crippen molar-refractivity contribution in [3.8, 4) is 0 Å². The second-order valence-corrected chi connectivity index (χ2v) is 7.13. The van der Waals surface area contributed by atoms with Gasteiger partial charge in [-0.05, 0) is 57.7 Å². The van der Waals surface area contributed by atoms with E-state index < -0.39 is 0 Å². The van der Waals surface area contributed by atoms with Gasteiger partial charge in [0, 0.05) is 18.3 Å². The van der Waals surface area contributed by atoms with Crippen LogP contribution in [0.5, 0.6) is 0 Å². The molecule has 0 aliphatic carbocycles. The van der Waals surface area contributed by atoms with Crippen LogP contribution < -0.4 is 10.6 Å². The van der Waals surface area contributed by atoms with Gasteiger partial charge >= 0.3 is 0 Å². The van der Waals surface area contributed by atoms with E-state index in [9.17, 15) is 4.79 Å².